The number of furan rings is 1. The number of halogens is 2. The predicted molar refractivity (Wildman–Crippen MR) is 73.3 cm³/mol. The summed E-state index contributed by atoms with van der Waals surface area (Å²) in [6.07, 6.45) is -0.186. The summed E-state index contributed by atoms with van der Waals surface area (Å²) in [5.41, 5.74) is 6.47. The second kappa shape index (κ2) is 5.65. The Bertz CT molecular complexity index is 610. The van der Waals surface area contributed by atoms with Crippen molar-refractivity contribution in [2.75, 3.05) is 0 Å². The van der Waals surface area contributed by atoms with E-state index in [9.17, 15) is 4.79 Å². The molecule has 2 rings (SSSR count). The minimum absolute atomic E-state index is 0.186. The normalized spacial score (nSPS) is 12.4. The molecule has 0 unspecified atom stereocenters. The Morgan fingerprint density at radius 2 is 2.00 bits per heavy atom. The van der Waals surface area contributed by atoms with Crippen LogP contribution in [0, 0.1) is 0 Å². The van der Waals surface area contributed by atoms with E-state index in [0.717, 1.165) is 5.56 Å². The second-order valence-electron chi connectivity index (χ2n) is 4.04. The first kappa shape index (κ1) is 13.9. The van der Waals surface area contributed by atoms with Gasteiger partial charge in [-0.1, -0.05) is 23.2 Å². The highest BCUT2D eigenvalue weighted by Crippen LogP contribution is 2.30. The first-order valence-electron chi connectivity index (χ1n) is 5.50. The summed E-state index contributed by atoms with van der Waals surface area (Å²) < 4.78 is 5.54. The lowest BCUT2D eigenvalue weighted by Gasteiger charge is -2.05. The number of hydrogen-bond donors (Lipinski definition) is 2. The fraction of sp³-hybridized carbons (Fsp3) is 0.154. The summed E-state index contributed by atoms with van der Waals surface area (Å²) in [6, 6.07) is 7.81. The molecule has 1 atom stereocenters. The van der Waals surface area contributed by atoms with Gasteiger partial charge in [0.15, 0.2) is 0 Å². The van der Waals surface area contributed by atoms with E-state index in [1.165, 1.54) is 0 Å². The second-order valence-corrected chi connectivity index (χ2v) is 4.85. The quantitative estimate of drug-likeness (QED) is 0.902. The smallest absolute Gasteiger partial charge is 0.305 e. The lowest BCUT2D eigenvalue weighted by atomic mass is 10.1. The summed E-state index contributed by atoms with van der Waals surface area (Å²) in [4.78, 5) is 10.6. The number of aliphatic carboxylic acids is 1. The van der Waals surface area contributed by atoms with Crippen LogP contribution in [0.3, 0.4) is 0 Å². The van der Waals surface area contributed by atoms with E-state index < -0.39 is 12.0 Å². The monoisotopic (exact) mass is 299 g/mol. The van der Waals surface area contributed by atoms with Gasteiger partial charge in [0.25, 0.3) is 0 Å². The van der Waals surface area contributed by atoms with Gasteiger partial charge in [0.05, 0.1) is 22.5 Å². The average molecular weight is 300 g/mol. The molecule has 0 aliphatic rings. The van der Waals surface area contributed by atoms with Crippen molar-refractivity contribution >= 4 is 29.2 Å². The van der Waals surface area contributed by atoms with Crippen LogP contribution in [0.5, 0.6) is 0 Å². The fourth-order valence-electron chi connectivity index (χ4n) is 1.65. The molecule has 0 saturated carbocycles. The van der Waals surface area contributed by atoms with Gasteiger partial charge in [-0.15, -0.1) is 0 Å². The molecule has 0 aliphatic heterocycles. The van der Waals surface area contributed by atoms with Crippen molar-refractivity contribution in [1.82, 2.24) is 0 Å². The third-order valence-electron chi connectivity index (χ3n) is 2.59. The van der Waals surface area contributed by atoms with Crippen LogP contribution in [-0.2, 0) is 4.79 Å². The van der Waals surface area contributed by atoms with Crippen molar-refractivity contribution in [2.45, 2.75) is 12.5 Å². The summed E-state index contributed by atoms with van der Waals surface area (Å²) in [6.45, 7) is 0. The van der Waals surface area contributed by atoms with Gasteiger partial charge in [0.2, 0.25) is 0 Å². The number of rotatable bonds is 4. The largest absolute Gasteiger partial charge is 0.481 e. The van der Waals surface area contributed by atoms with Crippen LogP contribution >= 0.6 is 23.2 Å². The van der Waals surface area contributed by atoms with Crippen molar-refractivity contribution < 1.29 is 14.3 Å². The Hall–Kier alpha value is -1.49. The van der Waals surface area contributed by atoms with Crippen LogP contribution in [0.15, 0.2) is 34.7 Å². The Labute approximate surface area is 119 Å². The van der Waals surface area contributed by atoms with Crippen molar-refractivity contribution in [1.29, 1.82) is 0 Å². The highest BCUT2D eigenvalue weighted by atomic mass is 35.5. The molecule has 3 N–H and O–H groups in total. The maximum absolute atomic E-state index is 10.6. The predicted octanol–water partition coefficient (Wildman–Crippen LogP) is 3.73. The summed E-state index contributed by atoms with van der Waals surface area (Å²) in [5.74, 6) is 0.0119. The van der Waals surface area contributed by atoms with Crippen molar-refractivity contribution in [3.8, 4) is 11.3 Å². The molecule has 0 radical (unpaired) electrons. The lowest BCUT2D eigenvalue weighted by molar-refractivity contribution is -0.137. The number of benzene rings is 1. The Balaban J connectivity index is 2.25. The van der Waals surface area contributed by atoms with Crippen LogP contribution in [0.4, 0.5) is 0 Å². The topological polar surface area (TPSA) is 76.5 Å². The maximum Gasteiger partial charge on any atom is 0.305 e. The zero-order valence-electron chi connectivity index (χ0n) is 9.77. The van der Waals surface area contributed by atoms with E-state index in [4.69, 9.17) is 38.5 Å². The molecule has 1 aromatic heterocycles. The standard InChI is InChI=1S/C13H11Cl2NO3/c14-8-2-1-7(5-9(8)15)11-3-4-12(19-11)10(16)6-13(17)18/h1-5,10H,6,16H2,(H,17,18)/t10-/m1/s1. The fourth-order valence-corrected chi connectivity index (χ4v) is 1.94. The van der Waals surface area contributed by atoms with Crippen LogP contribution in [0.25, 0.3) is 11.3 Å². The first-order chi connectivity index (χ1) is 8.97. The first-order valence-corrected chi connectivity index (χ1v) is 6.25. The van der Waals surface area contributed by atoms with Crippen molar-refractivity contribution in [3.63, 3.8) is 0 Å². The third kappa shape index (κ3) is 3.29. The van der Waals surface area contributed by atoms with Gasteiger partial charge in [-0.25, -0.2) is 0 Å². The third-order valence-corrected chi connectivity index (χ3v) is 3.33. The molecule has 1 aromatic carbocycles. The number of hydrogen-bond acceptors (Lipinski definition) is 3. The van der Waals surface area contributed by atoms with E-state index in [0.29, 0.717) is 21.6 Å². The van der Waals surface area contributed by atoms with E-state index >= 15 is 0 Å². The van der Waals surface area contributed by atoms with E-state index in [2.05, 4.69) is 0 Å². The van der Waals surface area contributed by atoms with Gasteiger partial charge in [0.1, 0.15) is 11.5 Å². The minimum Gasteiger partial charge on any atom is -0.481 e. The molecule has 4 nitrogen and oxygen atoms in total. The average Bonchev–Trinajstić information content (AvgIpc) is 2.81. The molecule has 1 heterocycles. The Morgan fingerprint density at radius 3 is 2.63 bits per heavy atom. The van der Waals surface area contributed by atoms with E-state index in [1.807, 2.05) is 0 Å². The Morgan fingerprint density at radius 1 is 1.26 bits per heavy atom. The SMILES string of the molecule is N[C@H](CC(=O)O)c1ccc(-c2ccc(Cl)c(Cl)c2)o1. The van der Waals surface area contributed by atoms with Crippen molar-refractivity contribution in [2.24, 2.45) is 5.73 Å². The maximum atomic E-state index is 10.6. The van der Waals surface area contributed by atoms with Crippen LogP contribution in [-0.4, -0.2) is 11.1 Å². The molecule has 0 bridgehead atoms. The molecule has 0 spiro atoms. The van der Waals surface area contributed by atoms with Gasteiger partial charge in [-0.3, -0.25) is 4.79 Å². The molecular formula is C13H11Cl2NO3. The summed E-state index contributed by atoms with van der Waals surface area (Å²) in [7, 11) is 0. The molecule has 0 aliphatic carbocycles. The summed E-state index contributed by atoms with van der Waals surface area (Å²) in [5, 5.41) is 9.56. The molecule has 2 aromatic rings. The number of carboxylic acids is 1. The highest BCUT2D eigenvalue weighted by Gasteiger charge is 2.15. The van der Waals surface area contributed by atoms with Crippen molar-refractivity contribution in [3.05, 3.63) is 46.1 Å². The molecule has 6 heteroatoms. The van der Waals surface area contributed by atoms with Crippen LogP contribution < -0.4 is 5.73 Å². The van der Waals surface area contributed by atoms with Gasteiger partial charge < -0.3 is 15.3 Å². The van der Waals surface area contributed by atoms with E-state index in [1.54, 1.807) is 30.3 Å². The number of carboxylic acid groups (broad SMARTS) is 1. The van der Waals surface area contributed by atoms with Crippen LogP contribution in [0.1, 0.15) is 18.2 Å². The zero-order valence-corrected chi connectivity index (χ0v) is 11.3. The lowest BCUT2D eigenvalue weighted by Crippen LogP contribution is -2.14. The molecule has 19 heavy (non-hydrogen) atoms. The highest BCUT2D eigenvalue weighted by molar-refractivity contribution is 6.42. The molecule has 100 valence electrons. The van der Waals surface area contributed by atoms with Gasteiger partial charge in [-0.05, 0) is 30.3 Å². The minimum atomic E-state index is -0.972. The van der Waals surface area contributed by atoms with Gasteiger partial charge in [-0.2, -0.15) is 0 Å². The zero-order chi connectivity index (χ0) is 14.0. The molecule has 0 saturated heterocycles. The Kier molecular flexibility index (Phi) is 4.14. The van der Waals surface area contributed by atoms with E-state index in [-0.39, 0.29) is 6.42 Å². The molecule has 0 amide bonds. The number of nitrogens with two attached hydrogens (primary N) is 1. The van der Waals surface area contributed by atoms with Gasteiger partial charge >= 0.3 is 5.97 Å². The summed E-state index contributed by atoms with van der Waals surface area (Å²) >= 11 is 11.8. The number of carbonyl (C=O) groups is 1. The van der Waals surface area contributed by atoms with Gasteiger partial charge in [0, 0.05) is 5.56 Å². The molecule has 0 fully saturated rings. The van der Waals surface area contributed by atoms with Crippen LogP contribution in [0.2, 0.25) is 10.0 Å². The molecular weight excluding hydrogens is 289 g/mol.